The third-order valence-electron chi connectivity index (χ3n) is 6.73. The van der Waals surface area contributed by atoms with Gasteiger partial charge < -0.3 is 9.80 Å². The molecule has 2 aliphatic heterocycles. The van der Waals surface area contributed by atoms with Crippen LogP contribution in [0.15, 0.2) is 59.5 Å². The van der Waals surface area contributed by atoms with Gasteiger partial charge in [0.1, 0.15) is 0 Å². The van der Waals surface area contributed by atoms with E-state index in [-0.39, 0.29) is 5.41 Å². The van der Waals surface area contributed by atoms with E-state index in [4.69, 9.17) is 0 Å². The summed E-state index contributed by atoms with van der Waals surface area (Å²) >= 11 is 1.76. The van der Waals surface area contributed by atoms with Gasteiger partial charge in [-0.15, -0.1) is 11.8 Å². The van der Waals surface area contributed by atoms with Crippen molar-refractivity contribution in [2.45, 2.75) is 43.5 Å². The zero-order valence-corrected chi connectivity index (χ0v) is 18.3. The maximum Gasteiger partial charge on any atom is 0.229 e. The lowest BCUT2D eigenvalue weighted by molar-refractivity contribution is -0.138. The topological polar surface area (TPSA) is 23.6 Å². The molecule has 4 heteroatoms. The number of carbonyl (C=O) groups excluding carboxylic acids is 1. The van der Waals surface area contributed by atoms with Gasteiger partial charge in [-0.2, -0.15) is 0 Å². The first-order valence-corrected chi connectivity index (χ1v) is 12.1. The molecule has 2 fully saturated rings. The molecule has 2 aliphatic rings. The van der Waals surface area contributed by atoms with E-state index in [1.54, 1.807) is 11.8 Å². The van der Waals surface area contributed by atoms with Crippen molar-refractivity contribution in [3.8, 4) is 0 Å². The predicted molar refractivity (Wildman–Crippen MR) is 121 cm³/mol. The van der Waals surface area contributed by atoms with E-state index in [1.165, 1.54) is 22.4 Å². The number of rotatable bonds is 7. The summed E-state index contributed by atoms with van der Waals surface area (Å²) < 4.78 is 0. The SMILES string of the molecule is CSc1ccc(CN2CCC3(CCN(CCCc4ccccc4)CC3)C2=O)cc1. The third kappa shape index (κ3) is 4.87. The fourth-order valence-corrected chi connectivity index (χ4v) is 5.22. The average molecular weight is 409 g/mol. The van der Waals surface area contributed by atoms with Crippen molar-refractivity contribution < 1.29 is 4.79 Å². The summed E-state index contributed by atoms with van der Waals surface area (Å²) in [5, 5.41) is 0. The van der Waals surface area contributed by atoms with Gasteiger partial charge in [0.2, 0.25) is 5.91 Å². The number of likely N-dealkylation sites (tertiary alicyclic amines) is 2. The van der Waals surface area contributed by atoms with Crippen LogP contribution >= 0.6 is 11.8 Å². The summed E-state index contributed by atoms with van der Waals surface area (Å²) in [6.07, 6.45) is 7.52. The Bertz CT molecular complexity index is 797. The summed E-state index contributed by atoms with van der Waals surface area (Å²) in [5.74, 6) is 0.398. The number of thioether (sulfide) groups is 1. The number of piperidine rings is 1. The molecule has 0 atom stereocenters. The Morgan fingerprint density at radius 3 is 2.28 bits per heavy atom. The molecule has 1 amide bonds. The fourth-order valence-electron chi connectivity index (χ4n) is 4.82. The molecule has 0 aromatic heterocycles. The molecular formula is C25H32N2OS. The molecular weight excluding hydrogens is 376 g/mol. The van der Waals surface area contributed by atoms with Gasteiger partial charge in [0, 0.05) is 18.0 Å². The van der Waals surface area contributed by atoms with Crippen LogP contribution in [-0.2, 0) is 17.8 Å². The highest BCUT2D eigenvalue weighted by atomic mass is 32.2. The lowest BCUT2D eigenvalue weighted by Gasteiger charge is -2.38. The Balaban J connectivity index is 1.25. The van der Waals surface area contributed by atoms with Crippen molar-refractivity contribution in [1.82, 2.24) is 9.80 Å². The van der Waals surface area contributed by atoms with E-state index in [0.29, 0.717) is 5.91 Å². The fraction of sp³-hybridized carbons (Fsp3) is 0.480. The molecule has 29 heavy (non-hydrogen) atoms. The van der Waals surface area contributed by atoms with E-state index in [9.17, 15) is 4.79 Å². The molecule has 2 heterocycles. The summed E-state index contributed by atoms with van der Waals surface area (Å²) in [4.78, 5) is 19.2. The number of carbonyl (C=O) groups is 1. The minimum atomic E-state index is -0.0882. The molecule has 0 radical (unpaired) electrons. The van der Waals surface area contributed by atoms with Gasteiger partial charge in [0.15, 0.2) is 0 Å². The number of hydrogen-bond donors (Lipinski definition) is 0. The highest BCUT2D eigenvalue weighted by Gasteiger charge is 2.47. The molecule has 0 saturated carbocycles. The van der Waals surface area contributed by atoms with Gasteiger partial charge in [0.05, 0.1) is 5.41 Å². The molecule has 0 aliphatic carbocycles. The van der Waals surface area contributed by atoms with E-state index < -0.39 is 0 Å². The molecule has 1 spiro atoms. The molecule has 4 rings (SSSR count). The Hall–Kier alpha value is -1.78. The Labute approximate surface area is 179 Å². The quantitative estimate of drug-likeness (QED) is 0.612. The zero-order valence-electron chi connectivity index (χ0n) is 17.5. The normalized spacial score (nSPS) is 19.2. The highest BCUT2D eigenvalue weighted by Crippen LogP contribution is 2.42. The summed E-state index contributed by atoms with van der Waals surface area (Å²) in [5.41, 5.74) is 2.58. The van der Waals surface area contributed by atoms with Crippen LogP contribution in [0.1, 0.15) is 36.8 Å². The molecule has 0 bridgehead atoms. The van der Waals surface area contributed by atoms with Crippen LogP contribution in [-0.4, -0.2) is 48.1 Å². The molecule has 154 valence electrons. The second-order valence-corrected chi connectivity index (χ2v) is 9.42. The second kappa shape index (κ2) is 9.36. The standard InChI is InChI=1S/C25H32N2OS/c1-29-23-11-9-22(10-12-23)20-27-19-15-25(24(27)28)13-17-26(18-14-25)16-5-8-21-6-3-2-4-7-21/h2-4,6-7,9-12H,5,8,13-20H2,1H3. The van der Waals surface area contributed by atoms with Gasteiger partial charge >= 0.3 is 0 Å². The summed E-state index contributed by atoms with van der Waals surface area (Å²) in [7, 11) is 0. The lowest BCUT2D eigenvalue weighted by Crippen LogP contribution is -2.44. The molecule has 2 saturated heterocycles. The number of aryl methyl sites for hydroxylation is 1. The summed E-state index contributed by atoms with van der Waals surface area (Å²) in [6, 6.07) is 19.4. The lowest BCUT2D eigenvalue weighted by atomic mass is 9.77. The number of nitrogens with zero attached hydrogens (tertiary/aromatic N) is 2. The monoisotopic (exact) mass is 408 g/mol. The second-order valence-electron chi connectivity index (χ2n) is 8.54. The van der Waals surface area contributed by atoms with Crippen molar-refractivity contribution in [2.75, 3.05) is 32.4 Å². The van der Waals surface area contributed by atoms with Crippen molar-refractivity contribution in [2.24, 2.45) is 5.41 Å². The number of benzene rings is 2. The number of hydrogen-bond acceptors (Lipinski definition) is 3. The first-order chi connectivity index (χ1) is 14.2. The zero-order chi connectivity index (χ0) is 20.1. The molecule has 0 unspecified atom stereocenters. The maximum atomic E-state index is 13.2. The van der Waals surface area contributed by atoms with Crippen molar-refractivity contribution >= 4 is 17.7 Å². The van der Waals surface area contributed by atoms with E-state index in [1.807, 2.05) is 0 Å². The van der Waals surface area contributed by atoms with Gasteiger partial charge in [-0.25, -0.2) is 0 Å². The van der Waals surface area contributed by atoms with Gasteiger partial charge in [-0.3, -0.25) is 4.79 Å². The largest absolute Gasteiger partial charge is 0.338 e. The van der Waals surface area contributed by atoms with Crippen LogP contribution in [0.2, 0.25) is 0 Å². The van der Waals surface area contributed by atoms with Gasteiger partial charge in [0.25, 0.3) is 0 Å². The van der Waals surface area contributed by atoms with Gasteiger partial charge in [-0.05, 0) is 81.3 Å². The maximum absolute atomic E-state index is 13.2. The van der Waals surface area contributed by atoms with E-state index >= 15 is 0 Å². The molecule has 2 aromatic carbocycles. The molecule has 2 aromatic rings. The van der Waals surface area contributed by atoms with Crippen molar-refractivity contribution in [3.05, 3.63) is 65.7 Å². The highest BCUT2D eigenvalue weighted by molar-refractivity contribution is 7.98. The average Bonchev–Trinajstić information content (AvgIpc) is 3.06. The van der Waals surface area contributed by atoms with Crippen LogP contribution in [0.5, 0.6) is 0 Å². The van der Waals surface area contributed by atoms with Crippen LogP contribution in [0.3, 0.4) is 0 Å². The minimum absolute atomic E-state index is 0.0882. The van der Waals surface area contributed by atoms with Gasteiger partial charge in [-0.1, -0.05) is 42.5 Å². The molecule has 0 N–H and O–H groups in total. The van der Waals surface area contributed by atoms with Crippen LogP contribution in [0.25, 0.3) is 0 Å². The Kier molecular flexibility index (Phi) is 6.61. The van der Waals surface area contributed by atoms with Crippen molar-refractivity contribution in [1.29, 1.82) is 0 Å². The van der Waals surface area contributed by atoms with Crippen molar-refractivity contribution in [3.63, 3.8) is 0 Å². The molecule has 3 nitrogen and oxygen atoms in total. The van der Waals surface area contributed by atoms with Crippen LogP contribution in [0.4, 0.5) is 0 Å². The third-order valence-corrected chi connectivity index (χ3v) is 7.47. The Morgan fingerprint density at radius 2 is 1.59 bits per heavy atom. The first-order valence-electron chi connectivity index (χ1n) is 10.9. The predicted octanol–water partition coefficient (Wildman–Crippen LogP) is 4.86. The summed E-state index contributed by atoms with van der Waals surface area (Å²) in [6.45, 7) is 4.95. The van der Waals surface area contributed by atoms with E-state index in [0.717, 1.165) is 58.4 Å². The Morgan fingerprint density at radius 1 is 0.897 bits per heavy atom. The smallest absolute Gasteiger partial charge is 0.229 e. The number of amides is 1. The van der Waals surface area contributed by atoms with E-state index in [2.05, 4.69) is 70.7 Å². The van der Waals surface area contributed by atoms with Crippen LogP contribution in [0, 0.1) is 5.41 Å². The first kappa shape index (κ1) is 20.5. The van der Waals surface area contributed by atoms with Crippen LogP contribution < -0.4 is 0 Å². The minimum Gasteiger partial charge on any atom is -0.338 e.